The van der Waals surface area contributed by atoms with E-state index in [2.05, 4.69) is 4.90 Å². The van der Waals surface area contributed by atoms with Gasteiger partial charge in [0, 0.05) is 24.7 Å². The molecule has 1 heterocycles. The Morgan fingerprint density at radius 2 is 1.84 bits per heavy atom. The zero-order valence-electron chi connectivity index (χ0n) is 11.6. The van der Waals surface area contributed by atoms with E-state index in [9.17, 15) is 4.79 Å². The van der Waals surface area contributed by atoms with E-state index in [1.165, 1.54) is 0 Å². The molecule has 0 saturated carbocycles. The van der Waals surface area contributed by atoms with E-state index in [0.29, 0.717) is 6.42 Å². The molecule has 0 aliphatic carbocycles. The molecule has 0 fully saturated rings. The van der Waals surface area contributed by atoms with E-state index in [1.807, 2.05) is 57.3 Å². The second-order valence-electron chi connectivity index (χ2n) is 4.69. The van der Waals surface area contributed by atoms with Crippen LogP contribution in [0.5, 0.6) is 0 Å². The molecule has 100 valence electrons. The van der Waals surface area contributed by atoms with E-state index in [1.54, 1.807) is 0 Å². The maximum absolute atomic E-state index is 11.6. The molecule has 0 atom stereocenters. The zero-order valence-corrected chi connectivity index (χ0v) is 11.6. The number of hydrogen-bond acceptors (Lipinski definition) is 3. The lowest BCUT2D eigenvalue weighted by Crippen LogP contribution is -2.15. The summed E-state index contributed by atoms with van der Waals surface area (Å²) in [6, 6.07) is 11.7. The van der Waals surface area contributed by atoms with Crippen molar-refractivity contribution in [3.63, 3.8) is 0 Å². The van der Waals surface area contributed by atoms with E-state index >= 15 is 0 Å². The molecule has 0 unspecified atom stereocenters. The van der Waals surface area contributed by atoms with Crippen molar-refractivity contribution in [2.45, 2.75) is 26.8 Å². The predicted octanol–water partition coefficient (Wildman–Crippen LogP) is 3.82. The van der Waals surface area contributed by atoms with Crippen LogP contribution in [-0.2, 0) is 6.54 Å². The van der Waals surface area contributed by atoms with Crippen LogP contribution in [0.1, 0.15) is 35.2 Å². The van der Waals surface area contributed by atoms with Gasteiger partial charge in [0.15, 0.2) is 5.78 Å². The van der Waals surface area contributed by atoms with Gasteiger partial charge in [0.1, 0.15) is 11.5 Å². The smallest absolute Gasteiger partial charge is 0.162 e. The van der Waals surface area contributed by atoms with Crippen LogP contribution in [0.25, 0.3) is 0 Å². The first-order chi connectivity index (χ1) is 9.10. The lowest BCUT2D eigenvalue weighted by molar-refractivity contribution is 0.0988. The summed E-state index contributed by atoms with van der Waals surface area (Å²) >= 11 is 0. The summed E-state index contributed by atoms with van der Waals surface area (Å²) in [6.07, 6.45) is 0.543. The topological polar surface area (TPSA) is 33.5 Å². The van der Waals surface area contributed by atoms with Crippen LogP contribution < -0.4 is 4.90 Å². The number of carbonyl (C=O) groups is 1. The molecule has 0 bridgehead atoms. The standard InChI is InChI=1S/C16H19NO2/c1-4-16(18)13-6-8-14(9-7-13)17(3)11-15-10-5-12(2)19-15/h5-10H,4,11H2,1-3H3. The Labute approximate surface area is 113 Å². The summed E-state index contributed by atoms with van der Waals surface area (Å²) in [7, 11) is 2.01. The molecule has 2 rings (SSSR count). The number of anilines is 1. The molecule has 3 nitrogen and oxygen atoms in total. The number of ketones is 1. The number of nitrogens with zero attached hydrogens (tertiary/aromatic N) is 1. The number of Topliss-reactive ketones (excluding diaryl/α,β-unsaturated/α-hetero) is 1. The molecule has 0 radical (unpaired) electrons. The van der Waals surface area contributed by atoms with Gasteiger partial charge in [0.05, 0.1) is 6.54 Å². The normalized spacial score (nSPS) is 10.5. The van der Waals surface area contributed by atoms with Crippen molar-refractivity contribution in [1.82, 2.24) is 0 Å². The Morgan fingerprint density at radius 1 is 1.16 bits per heavy atom. The average Bonchev–Trinajstić information content (AvgIpc) is 2.83. The van der Waals surface area contributed by atoms with Crippen molar-refractivity contribution in [3.05, 3.63) is 53.5 Å². The van der Waals surface area contributed by atoms with Gasteiger partial charge >= 0.3 is 0 Å². The quantitative estimate of drug-likeness (QED) is 0.763. The van der Waals surface area contributed by atoms with Gasteiger partial charge in [-0.15, -0.1) is 0 Å². The first kappa shape index (κ1) is 13.4. The summed E-state index contributed by atoms with van der Waals surface area (Å²) in [4.78, 5) is 13.7. The molecule has 0 amide bonds. The van der Waals surface area contributed by atoms with E-state index < -0.39 is 0 Å². The maximum Gasteiger partial charge on any atom is 0.162 e. The summed E-state index contributed by atoms with van der Waals surface area (Å²) in [5, 5.41) is 0. The Hall–Kier alpha value is -2.03. The van der Waals surface area contributed by atoms with Crippen LogP contribution in [0.2, 0.25) is 0 Å². The van der Waals surface area contributed by atoms with E-state index in [4.69, 9.17) is 4.42 Å². The Balaban J connectivity index is 2.07. The maximum atomic E-state index is 11.6. The van der Waals surface area contributed by atoms with Crippen molar-refractivity contribution in [1.29, 1.82) is 0 Å². The van der Waals surface area contributed by atoms with Gasteiger partial charge in [-0.1, -0.05) is 6.92 Å². The van der Waals surface area contributed by atoms with Crippen molar-refractivity contribution in [3.8, 4) is 0 Å². The highest BCUT2D eigenvalue weighted by atomic mass is 16.3. The third-order valence-corrected chi connectivity index (χ3v) is 3.14. The van der Waals surface area contributed by atoms with Gasteiger partial charge in [-0.25, -0.2) is 0 Å². The first-order valence-corrected chi connectivity index (χ1v) is 6.50. The van der Waals surface area contributed by atoms with Crippen molar-refractivity contribution >= 4 is 11.5 Å². The summed E-state index contributed by atoms with van der Waals surface area (Å²) in [5.41, 5.74) is 1.84. The van der Waals surface area contributed by atoms with Gasteiger partial charge in [-0.3, -0.25) is 4.79 Å². The molecule has 19 heavy (non-hydrogen) atoms. The van der Waals surface area contributed by atoms with E-state index in [0.717, 1.165) is 29.3 Å². The molecule has 1 aromatic heterocycles. The Bertz CT molecular complexity index is 554. The monoisotopic (exact) mass is 257 g/mol. The number of furan rings is 1. The van der Waals surface area contributed by atoms with Gasteiger partial charge in [0.2, 0.25) is 0 Å². The zero-order chi connectivity index (χ0) is 13.8. The fourth-order valence-corrected chi connectivity index (χ4v) is 2.00. The van der Waals surface area contributed by atoms with Gasteiger partial charge in [-0.2, -0.15) is 0 Å². The van der Waals surface area contributed by atoms with Crippen molar-refractivity contribution < 1.29 is 9.21 Å². The second kappa shape index (κ2) is 5.74. The number of carbonyl (C=O) groups excluding carboxylic acids is 1. The second-order valence-corrected chi connectivity index (χ2v) is 4.69. The minimum absolute atomic E-state index is 0.177. The minimum atomic E-state index is 0.177. The molecule has 0 aliphatic rings. The first-order valence-electron chi connectivity index (χ1n) is 6.50. The van der Waals surface area contributed by atoms with Gasteiger partial charge < -0.3 is 9.32 Å². The highest BCUT2D eigenvalue weighted by Crippen LogP contribution is 2.18. The molecule has 0 saturated heterocycles. The lowest BCUT2D eigenvalue weighted by atomic mass is 10.1. The molecule has 0 aliphatic heterocycles. The van der Waals surface area contributed by atoms with Crippen molar-refractivity contribution in [2.75, 3.05) is 11.9 Å². The number of hydrogen-bond donors (Lipinski definition) is 0. The Kier molecular flexibility index (Phi) is 4.05. The van der Waals surface area contributed by atoms with Crippen LogP contribution >= 0.6 is 0 Å². The molecule has 0 spiro atoms. The SMILES string of the molecule is CCC(=O)c1ccc(N(C)Cc2ccc(C)o2)cc1. The average molecular weight is 257 g/mol. The van der Waals surface area contributed by atoms with Crippen molar-refractivity contribution in [2.24, 2.45) is 0 Å². The van der Waals surface area contributed by atoms with Crippen LogP contribution in [0.15, 0.2) is 40.8 Å². The number of benzene rings is 1. The molecular weight excluding hydrogens is 238 g/mol. The van der Waals surface area contributed by atoms with Crippen LogP contribution in [-0.4, -0.2) is 12.8 Å². The molecular formula is C16H19NO2. The molecule has 3 heteroatoms. The third-order valence-electron chi connectivity index (χ3n) is 3.14. The number of aryl methyl sites for hydroxylation is 1. The molecule has 1 aromatic carbocycles. The molecule has 2 aromatic rings. The Morgan fingerprint density at radius 3 is 2.37 bits per heavy atom. The summed E-state index contributed by atoms with van der Waals surface area (Å²) < 4.78 is 5.56. The fourth-order valence-electron chi connectivity index (χ4n) is 2.00. The largest absolute Gasteiger partial charge is 0.464 e. The van der Waals surface area contributed by atoms with Gasteiger partial charge in [0.25, 0.3) is 0 Å². The van der Waals surface area contributed by atoms with Crippen LogP contribution in [0, 0.1) is 6.92 Å². The summed E-state index contributed by atoms with van der Waals surface area (Å²) in [5.74, 6) is 2.04. The lowest BCUT2D eigenvalue weighted by Gasteiger charge is -2.18. The van der Waals surface area contributed by atoms with Crippen LogP contribution in [0.4, 0.5) is 5.69 Å². The molecule has 0 N–H and O–H groups in total. The number of rotatable bonds is 5. The van der Waals surface area contributed by atoms with Crippen LogP contribution in [0.3, 0.4) is 0 Å². The fraction of sp³-hybridized carbons (Fsp3) is 0.312. The van der Waals surface area contributed by atoms with E-state index in [-0.39, 0.29) is 5.78 Å². The third kappa shape index (κ3) is 3.25. The highest BCUT2D eigenvalue weighted by molar-refractivity contribution is 5.96. The predicted molar refractivity (Wildman–Crippen MR) is 76.6 cm³/mol. The summed E-state index contributed by atoms with van der Waals surface area (Å²) in [6.45, 7) is 4.53. The minimum Gasteiger partial charge on any atom is -0.464 e. The highest BCUT2D eigenvalue weighted by Gasteiger charge is 2.07. The van der Waals surface area contributed by atoms with Gasteiger partial charge in [-0.05, 0) is 43.3 Å².